The molecule has 12 rings (SSSR count). The fourth-order valence-electron chi connectivity index (χ4n) is 12.0. The SMILES string of the molecule is CC(=O)c1cn(CC(=O)N2C[Si](C)(C)C[C@H]2C(=O)NCc2cccc(Cl)c2F)c2ccc(-c3cn[nH]c3)cc12.NC(=O)[N+]1=CC(N2CCN3CC[C@@H](C(=O)NCc4cccc(Cl)c4F)N3C2=O)c2ccc(-c3ccc(N4CCOCC4)cc3)cc21. The highest BCUT2D eigenvalue weighted by atomic mass is 35.5. The maximum absolute atomic E-state index is 14.4. The summed E-state index contributed by atoms with van der Waals surface area (Å²) in [5.74, 6) is -2.14. The Labute approximate surface area is 499 Å². The number of H-pyrrole nitrogens is 1. The Kier molecular flexibility index (Phi) is 16.8. The fraction of sp³-hybridized carbons (Fsp3) is 0.311. The van der Waals surface area contributed by atoms with Gasteiger partial charge in [0.15, 0.2) is 5.78 Å². The summed E-state index contributed by atoms with van der Waals surface area (Å²) < 4.78 is 37.3. The minimum Gasteiger partial charge on any atom is -0.378 e. The molecule has 0 bridgehead atoms. The predicted octanol–water partition coefficient (Wildman–Crippen LogP) is 8.68. The number of nitrogens with two attached hydrogens (primary N) is 1. The number of ketones is 1. The van der Waals surface area contributed by atoms with Crippen molar-refractivity contribution in [3.05, 3.63) is 160 Å². The van der Waals surface area contributed by atoms with Gasteiger partial charge in [-0.25, -0.2) is 23.6 Å². The molecule has 2 aromatic heterocycles. The van der Waals surface area contributed by atoms with Gasteiger partial charge in [0, 0.05) is 109 Å². The van der Waals surface area contributed by atoms with Crippen molar-refractivity contribution in [2.45, 2.75) is 70.2 Å². The molecular formula is C61H63Cl2F2N12O7Si+. The van der Waals surface area contributed by atoms with Crippen LogP contribution in [-0.4, -0.2) is 153 Å². The minimum atomic E-state index is -1.87. The number of morpholine rings is 1. The highest BCUT2D eigenvalue weighted by molar-refractivity contribution is 6.79. The fourth-order valence-corrected chi connectivity index (χ4v) is 15.3. The van der Waals surface area contributed by atoms with Gasteiger partial charge in [-0.2, -0.15) is 14.5 Å². The van der Waals surface area contributed by atoms with Gasteiger partial charge in [-0.15, -0.1) is 0 Å². The molecule has 0 aliphatic carbocycles. The van der Waals surface area contributed by atoms with Crippen molar-refractivity contribution in [1.82, 2.24) is 45.2 Å². The van der Waals surface area contributed by atoms with E-state index in [0.717, 1.165) is 57.5 Å². The molecule has 85 heavy (non-hydrogen) atoms. The molecule has 5 aliphatic rings. The summed E-state index contributed by atoms with van der Waals surface area (Å²) in [5, 5.41) is 16.4. The topological polar surface area (TPSA) is 215 Å². The summed E-state index contributed by atoms with van der Waals surface area (Å²) in [6, 6.07) is 26.8. The second-order valence-electron chi connectivity index (χ2n) is 22.5. The van der Waals surface area contributed by atoms with Crippen molar-refractivity contribution in [2.24, 2.45) is 5.73 Å². The maximum Gasteiger partial charge on any atom is 0.493 e. The van der Waals surface area contributed by atoms with Gasteiger partial charge in [0.25, 0.3) is 0 Å². The van der Waals surface area contributed by atoms with Crippen LogP contribution in [0, 0.1) is 11.6 Å². The number of hydrazine groups is 1. The van der Waals surface area contributed by atoms with Crippen molar-refractivity contribution < 1.29 is 46.9 Å². The van der Waals surface area contributed by atoms with Gasteiger partial charge in [0.2, 0.25) is 17.7 Å². The van der Waals surface area contributed by atoms with Crippen LogP contribution in [0.5, 0.6) is 0 Å². The third kappa shape index (κ3) is 12.1. The summed E-state index contributed by atoms with van der Waals surface area (Å²) in [6.45, 7) is 10.3. The number of Topliss-reactive ketones (excluding diaryl/α,β-unsaturated/α-hetero) is 1. The molecule has 5 aromatic carbocycles. The van der Waals surface area contributed by atoms with Crippen molar-refractivity contribution in [3.8, 4) is 22.3 Å². The quantitative estimate of drug-likeness (QED) is 0.0490. The number of nitrogens with one attached hydrogen (secondary N) is 3. The number of benzene rings is 5. The number of primary amides is 1. The first-order chi connectivity index (χ1) is 40.8. The Morgan fingerprint density at radius 2 is 1.45 bits per heavy atom. The molecule has 7 aromatic rings. The number of amides is 7. The smallest absolute Gasteiger partial charge is 0.378 e. The molecule has 440 valence electrons. The van der Waals surface area contributed by atoms with Crippen LogP contribution < -0.4 is 21.3 Å². The zero-order chi connectivity index (χ0) is 59.8. The molecule has 4 saturated heterocycles. The number of aromatic amines is 1. The normalized spacial score (nSPS) is 19.1. The number of carbonyl (C=O) groups is 6. The number of carbonyl (C=O) groups excluding carboxylic acids is 6. The Morgan fingerprint density at radius 3 is 2.09 bits per heavy atom. The maximum atomic E-state index is 14.4. The van der Waals surface area contributed by atoms with E-state index in [2.05, 4.69) is 63.1 Å². The number of anilines is 1. The van der Waals surface area contributed by atoms with Crippen LogP contribution in [0.1, 0.15) is 46.4 Å². The molecule has 0 radical (unpaired) electrons. The van der Waals surface area contributed by atoms with E-state index in [1.54, 1.807) is 63.4 Å². The third-order valence-electron chi connectivity index (χ3n) is 16.4. The van der Waals surface area contributed by atoms with Crippen molar-refractivity contribution >= 4 is 95.3 Å². The average molecular weight is 1210 g/mol. The molecule has 4 fully saturated rings. The number of hydrogen-bond acceptors (Lipinski definition) is 10. The monoisotopic (exact) mass is 1210 g/mol. The van der Waals surface area contributed by atoms with Crippen LogP contribution in [0.25, 0.3) is 33.2 Å². The average Bonchev–Trinajstić information content (AvgIpc) is 2.00. The number of urea groups is 2. The Bertz CT molecular complexity index is 3800. The zero-order valence-corrected chi connectivity index (χ0v) is 49.5. The van der Waals surface area contributed by atoms with Gasteiger partial charge >= 0.3 is 12.1 Å². The molecule has 1 unspecified atom stereocenters. The lowest BCUT2D eigenvalue weighted by molar-refractivity contribution is -0.321. The standard InChI is InChI=1S/C33H33ClFN7O4.C28H29ClFN5O3Si/c34-26-3-1-2-23(30(26)35)19-37-31(43)27-10-11-39-12-13-40(33(45)42(27)39)29-20-41(32(36)44)28-18-22(6-9-25(28)29)21-4-7-24(8-5-21)38-14-16-46-17-15-38;1-17(36)22-13-34(24-8-7-18(9-21(22)24)20-11-32-33-12-20)14-26(37)35-16-39(2,3)15-25(35)28(38)31-10-19-5-4-6-23(29)27(19)30/h1-9,18,20,27,29H,10-17,19H2,(H2-,36,37,43,44);4-9,11-13,25H,10,14-16H2,1-3H3,(H,31,38)(H,32,33)/p+1/t27-,29?;25-/m00/s1. The second-order valence-corrected chi connectivity index (χ2v) is 28.4. The first-order valence-electron chi connectivity index (χ1n) is 28.0. The lowest BCUT2D eigenvalue weighted by atomic mass is 9.99. The number of fused-ring (bicyclic) bond motifs is 3. The minimum absolute atomic E-state index is 0.00581. The zero-order valence-electron chi connectivity index (χ0n) is 47.0. The summed E-state index contributed by atoms with van der Waals surface area (Å²) in [6.07, 6.45) is 7.84. The number of halogens is 4. The largest absolute Gasteiger partial charge is 0.493 e. The number of hydrogen-bond donors (Lipinski definition) is 4. The highest BCUT2D eigenvalue weighted by Crippen LogP contribution is 2.40. The molecule has 5 aliphatic heterocycles. The van der Waals surface area contributed by atoms with E-state index in [1.165, 1.54) is 28.6 Å². The van der Waals surface area contributed by atoms with Gasteiger partial charge < -0.3 is 34.6 Å². The van der Waals surface area contributed by atoms with E-state index in [1.807, 2.05) is 41.4 Å². The van der Waals surface area contributed by atoms with Crippen LogP contribution in [-0.2, 0) is 38.8 Å². The number of rotatable bonds is 13. The Balaban J connectivity index is 0.000000180. The molecule has 19 nitrogen and oxygen atoms in total. The van der Waals surface area contributed by atoms with Gasteiger partial charge in [-0.1, -0.05) is 90.9 Å². The molecule has 5 N–H and O–H groups in total. The van der Waals surface area contributed by atoms with E-state index in [0.29, 0.717) is 62.7 Å². The molecule has 7 amide bonds. The molecule has 0 spiro atoms. The van der Waals surface area contributed by atoms with Crippen molar-refractivity contribution in [1.29, 1.82) is 0 Å². The number of nitrogens with zero attached hydrogens (tertiary/aromatic N) is 8. The van der Waals surface area contributed by atoms with Crippen LogP contribution >= 0.6 is 23.2 Å². The van der Waals surface area contributed by atoms with Crippen LogP contribution in [0.2, 0.25) is 29.2 Å². The van der Waals surface area contributed by atoms with Crippen molar-refractivity contribution in [2.75, 3.05) is 57.0 Å². The summed E-state index contributed by atoms with van der Waals surface area (Å²) >= 11 is 11.8. The van der Waals surface area contributed by atoms with E-state index >= 15 is 0 Å². The van der Waals surface area contributed by atoms with Gasteiger partial charge in [-0.3, -0.25) is 30.0 Å². The summed E-state index contributed by atoms with van der Waals surface area (Å²) in [4.78, 5) is 84.8. The van der Waals surface area contributed by atoms with E-state index < -0.39 is 43.9 Å². The molecule has 0 saturated carbocycles. The summed E-state index contributed by atoms with van der Waals surface area (Å²) in [7, 11) is -1.87. The Morgan fingerprint density at radius 1 is 0.800 bits per heavy atom. The number of aromatic nitrogens is 3. The lowest BCUT2D eigenvalue weighted by Gasteiger charge is -2.42. The van der Waals surface area contributed by atoms with Crippen LogP contribution in [0.3, 0.4) is 0 Å². The van der Waals surface area contributed by atoms with Gasteiger partial charge in [0.05, 0.1) is 37.5 Å². The lowest BCUT2D eigenvalue weighted by Crippen LogP contribution is -2.61. The van der Waals surface area contributed by atoms with E-state index in [4.69, 9.17) is 33.7 Å². The highest BCUT2D eigenvalue weighted by Gasteiger charge is 2.48. The first-order valence-corrected chi connectivity index (χ1v) is 32.2. The van der Waals surface area contributed by atoms with E-state index in [-0.39, 0.29) is 70.3 Å². The predicted molar refractivity (Wildman–Crippen MR) is 321 cm³/mol. The molecular weight excluding hydrogens is 1150 g/mol. The van der Waals surface area contributed by atoms with Crippen LogP contribution in [0.15, 0.2) is 116 Å². The van der Waals surface area contributed by atoms with Crippen LogP contribution in [0.4, 0.5) is 29.7 Å². The van der Waals surface area contributed by atoms with Crippen molar-refractivity contribution in [3.63, 3.8) is 0 Å². The van der Waals surface area contributed by atoms with Gasteiger partial charge in [-0.05, 0) is 78.5 Å². The molecule has 7 heterocycles. The molecule has 24 heteroatoms. The second kappa shape index (κ2) is 24.4. The summed E-state index contributed by atoms with van der Waals surface area (Å²) in [5.41, 5.74) is 13.9. The first kappa shape index (κ1) is 58.5. The van der Waals surface area contributed by atoms with E-state index in [9.17, 15) is 37.5 Å². The number of ether oxygens (including phenoxy) is 1. The molecule has 3 atom stereocenters. The Hall–Kier alpha value is -8.28. The van der Waals surface area contributed by atoms with Gasteiger partial charge in [0.1, 0.15) is 48.2 Å². The third-order valence-corrected chi connectivity index (χ3v) is 19.6.